The molecule has 0 bridgehead atoms. The average molecular weight is 257 g/mol. The molecule has 1 aromatic heterocycles. The molecule has 3 nitrogen and oxygen atoms in total. The number of hydrogen-bond acceptors (Lipinski definition) is 3. The van der Waals surface area contributed by atoms with Gasteiger partial charge in [0.15, 0.2) is 0 Å². The third kappa shape index (κ3) is 4.55. The highest BCUT2D eigenvalue weighted by Crippen LogP contribution is 2.10. The first-order valence-electron chi connectivity index (χ1n) is 3.93. The highest BCUT2D eigenvalue weighted by Gasteiger charge is 2.27. The van der Waals surface area contributed by atoms with E-state index in [4.69, 9.17) is 5.73 Å². The van der Waals surface area contributed by atoms with E-state index in [0.717, 1.165) is 0 Å². The molecule has 0 atom stereocenters. The lowest BCUT2D eigenvalue weighted by Crippen LogP contribution is -2.41. The van der Waals surface area contributed by atoms with Gasteiger partial charge in [0, 0.05) is 10.9 Å². The van der Waals surface area contributed by atoms with Gasteiger partial charge in [-0.3, -0.25) is 4.79 Å². The largest absolute Gasteiger partial charge is 0.346 e. The predicted octanol–water partition coefficient (Wildman–Crippen LogP) is 1.49. The first-order valence-corrected chi connectivity index (χ1v) is 4.88. The molecule has 0 aromatic carbocycles. The lowest BCUT2D eigenvalue weighted by Gasteiger charge is -2.13. The first kappa shape index (κ1) is 14.3. The Bertz CT molecular complexity index is 306. The molecule has 86 valence electrons. The maximum Gasteiger partial charge on any atom is 0.277 e. The van der Waals surface area contributed by atoms with Crippen molar-refractivity contribution in [2.24, 2.45) is 5.73 Å². The number of halogens is 3. The summed E-state index contributed by atoms with van der Waals surface area (Å²) in [5.41, 5.74) is 5.20. The first-order chi connectivity index (χ1) is 6.55. The number of amides is 1. The summed E-state index contributed by atoms with van der Waals surface area (Å²) in [6.45, 7) is -1.49. The van der Waals surface area contributed by atoms with Gasteiger partial charge in [-0.25, -0.2) is 8.78 Å². The summed E-state index contributed by atoms with van der Waals surface area (Å²) in [6, 6.07) is 1.57. The Kier molecular flexibility index (Phi) is 5.71. The van der Waals surface area contributed by atoms with Gasteiger partial charge in [-0.1, -0.05) is 0 Å². The van der Waals surface area contributed by atoms with Crippen molar-refractivity contribution in [3.63, 3.8) is 0 Å². The van der Waals surface area contributed by atoms with Crippen molar-refractivity contribution < 1.29 is 13.6 Å². The maximum absolute atomic E-state index is 12.6. The van der Waals surface area contributed by atoms with Crippen molar-refractivity contribution in [2.45, 2.75) is 5.92 Å². The summed E-state index contributed by atoms with van der Waals surface area (Å²) in [5.74, 6) is -3.54. The molecular formula is C8H11ClF2N2OS. The molecule has 7 heteroatoms. The molecule has 0 radical (unpaired) electrons. The monoisotopic (exact) mass is 256 g/mol. The predicted molar refractivity (Wildman–Crippen MR) is 57.9 cm³/mol. The van der Waals surface area contributed by atoms with Crippen LogP contribution in [-0.2, 0) is 0 Å². The molecule has 15 heavy (non-hydrogen) atoms. The van der Waals surface area contributed by atoms with Crippen LogP contribution in [0.5, 0.6) is 0 Å². The molecule has 3 N–H and O–H groups in total. The van der Waals surface area contributed by atoms with E-state index in [-0.39, 0.29) is 12.4 Å². The Morgan fingerprint density at radius 3 is 2.73 bits per heavy atom. The van der Waals surface area contributed by atoms with Gasteiger partial charge >= 0.3 is 0 Å². The number of carbonyl (C=O) groups is 1. The number of nitrogens with two attached hydrogens (primary N) is 1. The smallest absolute Gasteiger partial charge is 0.277 e. The van der Waals surface area contributed by atoms with E-state index in [1.165, 1.54) is 11.3 Å². The summed E-state index contributed by atoms with van der Waals surface area (Å²) >= 11 is 1.33. The summed E-state index contributed by atoms with van der Waals surface area (Å²) in [4.78, 5) is 11.2. The highest BCUT2D eigenvalue weighted by molar-refractivity contribution is 7.08. The van der Waals surface area contributed by atoms with Gasteiger partial charge in [0.1, 0.15) is 0 Å². The van der Waals surface area contributed by atoms with Gasteiger partial charge in [0.25, 0.3) is 11.8 Å². The minimum atomic E-state index is -3.04. The number of rotatable bonds is 4. The fraction of sp³-hybridized carbons (Fsp3) is 0.375. The molecule has 0 saturated carbocycles. The van der Waals surface area contributed by atoms with E-state index < -0.39 is 24.9 Å². The summed E-state index contributed by atoms with van der Waals surface area (Å²) < 4.78 is 25.2. The number of hydrogen-bond donors (Lipinski definition) is 2. The summed E-state index contributed by atoms with van der Waals surface area (Å²) in [6.07, 6.45) is 0. The maximum atomic E-state index is 12.6. The summed E-state index contributed by atoms with van der Waals surface area (Å²) in [7, 11) is 0. The number of carbonyl (C=O) groups excluding carboxylic acids is 1. The second-order valence-corrected chi connectivity index (χ2v) is 3.53. The summed E-state index contributed by atoms with van der Waals surface area (Å²) in [5, 5.41) is 5.41. The van der Waals surface area contributed by atoms with Crippen LogP contribution in [0.4, 0.5) is 8.78 Å². The van der Waals surface area contributed by atoms with Gasteiger partial charge in [-0.05, 0) is 11.4 Å². The van der Waals surface area contributed by atoms with Crippen LogP contribution < -0.4 is 11.1 Å². The topological polar surface area (TPSA) is 55.1 Å². The molecule has 0 unspecified atom stereocenters. The molecule has 0 aliphatic carbocycles. The van der Waals surface area contributed by atoms with Crippen LogP contribution in [0.1, 0.15) is 10.4 Å². The minimum absolute atomic E-state index is 0. The van der Waals surface area contributed by atoms with E-state index in [1.54, 1.807) is 16.8 Å². The Hall–Kier alpha value is -0.720. The lowest BCUT2D eigenvalue weighted by atomic mass is 10.3. The molecule has 0 spiro atoms. The Morgan fingerprint density at radius 2 is 2.27 bits per heavy atom. The van der Waals surface area contributed by atoms with E-state index in [9.17, 15) is 13.6 Å². The van der Waals surface area contributed by atoms with E-state index in [1.807, 2.05) is 0 Å². The van der Waals surface area contributed by atoms with Gasteiger partial charge < -0.3 is 11.1 Å². The molecular weight excluding hydrogens is 246 g/mol. The van der Waals surface area contributed by atoms with Gasteiger partial charge in [-0.2, -0.15) is 11.3 Å². The van der Waals surface area contributed by atoms with Crippen LogP contribution in [0.2, 0.25) is 0 Å². The Balaban J connectivity index is 0.00000196. The lowest BCUT2D eigenvalue weighted by molar-refractivity contribution is 0.0119. The fourth-order valence-corrected chi connectivity index (χ4v) is 1.41. The Labute approximate surface area is 96.1 Å². The molecule has 0 aliphatic heterocycles. The van der Waals surface area contributed by atoms with E-state index >= 15 is 0 Å². The molecule has 1 rings (SSSR count). The number of alkyl halides is 2. The van der Waals surface area contributed by atoms with Crippen LogP contribution in [0, 0.1) is 0 Å². The molecule has 1 amide bonds. The van der Waals surface area contributed by atoms with Crippen molar-refractivity contribution in [1.82, 2.24) is 5.32 Å². The van der Waals surface area contributed by atoms with Crippen molar-refractivity contribution in [3.8, 4) is 0 Å². The third-order valence-corrected chi connectivity index (χ3v) is 2.27. The van der Waals surface area contributed by atoms with Crippen molar-refractivity contribution in [3.05, 3.63) is 22.4 Å². The van der Waals surface area contributed by atoms with Crippen LogP contribution in [0.25, 0.3) is 0 Å². The van der Waals surface area contributed by atoms with Gasteiger partial charge in [0.05, 0.1) is 13.1 Å². The minimum Gasteiger partial charge on any atom is -0.346 e. The molecule has 0 saturated heterocycles. The van der Waals surface area contributed by atoms with Gasteiger partial charge in [0.2, 0.25) is 0 Å². The molecule has 1 heterocycles. The van der Waals surface area contributed by atoms with Crippen LogP contribution in [-0.4, -0.2) is 24.9 Å². The van der Waals surface area contributed by atoms with E-state index in [2.05, 4.69) is 5.32 Å². The zero-order valence-electron chi connectivity index (χ0n) is 7.70. The van der Waals surface area contributed by atoms with Crippen molar-refractivity contribution in [2.75, 3.05) is 13.1 Å². The average Bonchev–Trinajstić information content (AvgIpc) is 2.67. The number of thiophene rings is 1. The fourth-order valence-electron chi connectivity index (χ4n) is 0.777. The van der Waals surface area contributed by atoms with Crippen molar-refractivity contribution in [1.29, 1.82) is 0 Å². The van der Waals surface area contributed by atoms with Crippen molar-refractivity contribution >= 4 is 29.7 Å². The zero-order chi connectivity index (χ0) is 10.6. The normalized spacial score (nSPS) is 10.6. The quantitative estimate of drug-likeness (QED) is 0.858. The van der Waals surface area contributed by atoms with Crippen LogP contribution in [0.15, 0.2) is 16.8 Å². The van der Waals surface area contributed by atoms with Crippen LogP contribution in [0.3, 0.4) is 0 Å². The molecule has 1 aromatic rings. The SMILES string of the molecule is Cl.NCC(F)(F)CNC(=O)c1ccsc1. The number of nitrogens with one attached hydrogen (secondary N) is 1. The second-order valence-electron chi connectivity index (χ2n) is 2.75. The standard InChI is InChI=1S/C8H10F2N2OS.ClH/c9-8(10,4-11)5-12-7(13)6-1-2-14-3-6;/h1-3H,4-5,11H2,(H,12,13);1H. The Morgan fingerprint density at radius 1 is 1.60 bits per heavy atom. The van der Waals surface area contributed by atoms with E-state index in [0.29, 0.717) is 5.56 Å². The highest BCUT2D eigenvalue weighted by atomic mass is 35.5. The zero-order valence-corrected chi connectivity index (χ0v) is 9.34. The van der Waals surface area contributed by atoms with Gasteiger partial charge in [-0.15, -0.1) is 12.4 Å². The third-order valence-electron chi connectivity index (χ3n) is 1.59. The van der Waals surface area contributed by atoms with Crippen LogP contribution >= 0.6 is 23.7 Å². The second kappa shape index (κ2) is 5.99. The molecule has 0 fully saturated rings. The molecule has 0 aliphatic rings.